The van der Waals surface area contributed by atoms with Gasteiger partial charge in [-0.05, 0) is 26.2 Å². The molecule has 0 bridgehead atoms. The molecule has 1 aromatic rings. The normalized spacial score (nSPS) is 23.6. The molecule has 2 fully saturated rings. The Hall–Kier alpha value is -2.29. The van der Waals surface area contributed by atoms with E-state index in [1.807, 2.05) is 22.7 Å². The Morgan fingerprint density at radius 3 is 2.75 bits per heavy atom. The zero-order valence-electron chi connectivity index (χ0n) is 14.5. The molecule has 6 heteroatoms. The molecule has 0 N–H and O–H groups in total. The number of carbonyl (C=O) groups excluding carboxylic acids is 2. The van der Waals surface area contributed by atoms with E-state index in [1.54, 1.807) is 25.1 Å². The molecule has 2 amide bonds. The fourth-order valence-corrected chi connectivity index (χ4v) is 3.48. The number of nitrogens with zero attached hydrogens (tertiary/aromatic N) is 4. The Morgan fingerprint density at radius 2 is 2.17 bits per heavy atom. The first-order valence-electron chi connectivity index (χ1n) is 8.47. The van der Waals surface area contributed by atoms with Crippen molar-refractivity contribution >= 4 is 11.8 Å². The van der Waals surface area contributed by atoms with Crippen LogP contribution in [0.3, 0.4) is 0 Å². The number of hydrogen-bond donors (Lipinski definition) is 0. The largest absolute Gasteiger partial charge is 0.336 e. The second-order valence-electron chi connectivity index (χ2n) is 6.64. The number of amides is 2. The maximum Gasteiger partial charge on any atom is 0.228 e. The molecule has 1 aliphatic carbocycles. The van der Waals surface area contributed by atoms with Crippen molar-refractivity contribution in [3.8, 4) is 11.8 Å². The molecule has 24 heavy (non-hydrogen) atoms. The molecule has 1 saturated heterocycles. The van der Waals surface area contributed by atoms with E-state index in [2.05, 4.69) is 16.8 Å². The van der Waals surface area contributed by atoms with Crippen LogP contribution >= 0.6 is 0 Å². The monoisotopic (exact) mass is 328 g/mol. The van der Waals surface area contributed by atoms with Crippen molar-refractivity contribution in [3.63, 3.8) is 0 Å². The minimum absolute atomic E-state index is 0.0453. The molecule has 3 rings (SSSR count). The summed E-state index contributed by atoms with van der Waals surface area (Å²) in [6.45, 7) is 2.18. The van der Waals surface area contributed by atoms with Crippen molar-refractivity contribution < 1.29 is 9.59 Å². The SMILES string of the molecule is CC#CCN(C)C(=O)[C@H]1CCC(=O)N(C2CC2)[C@@H]1c1nccn1C. The van der Waals surface area contributed by atoms with Gasteiger partial charge in [-0.15, -0.1) is 5.92 Å². The predicted octanol–water partition coefficient (Wildman–Crippen LogP) is 1.34. The first kappa shape index (κ1) is 16.6. The van der Waals surface area contributed by atoms with Crippen LogP contribution in [-0.4, -0.2) is 50.8 Å². The third-order valence-corrected chi connectivity index (χ3v) is 4.89. The summed E-state index contributed by atoms with van der Waals surface area (Å²) < 4.78 is 1.92. The lowest BCUT2D eigenvalue weighted by atomic mass is 9.86. The Bertz CT molecular complexity index is 695. The van der Waals surface area contributed by atoms with Gasteiger partial charge in [-0.1, -0.05) is 5.92 Å². The molecule has 0 unspecified atom stereocenters. The fourth-order valence-electron chi connectivity index (χ4n) is 3.48. The van der Waals surface area contributed by atoms with Gasteiger partial charge in [0, 0.05) is 39.0 Å². The van der Waals surface area contributed by atoms with Crippen molar-refractivity contribution in [2.45, 2.75) is 44.7 Å². The highest BCUT2D eigenvalue weighted by atomic mass is 16.2. The summed E-state index contributed by atoms with van der Waals surface area (Å²) in [5.41, 5.74) is 0. The molecule has 2 aliphatic rings. The summed E-state index contributed by atoms with van der Waals surface area (Å²) in [6.07, 6.45) is 6.64. The average Bonchev–Trinajstić information content (AvgIpc) is 3.32. The van der Waals surface area contributed by atoms with Gasteiger partial charge in [-0.2, -0.15) is 0 Å². The van der Waals surface area contributed by atoms with Gasteiger partial charge >= 0.3 is 0 Å². The minimum Gasteiger partial charge on any atom is -0.336 e. The van der Waals surface area contributed by atoms with Crippen LogP contribution in [0.4, 0.5) is 0 Å². The van der Waals surface area contributed by atoms with Gasteiger partial charge in [0.15, 0.2) is 0 Å². The number of rotatable bonds is 4. The summed E-state index contributed by atoms with van der Waals surface area (Å²) in [7, 11) is 3.69. The first-order chi connectivity index (χ1) is 11.5. The molecule has 2 heterocycles. The van der Waals surface area contributed by atoms with E-state index >= 15 is 0 Å². The van der Waals surface area contributed by atoms with Gasteiger partial charge in [0.05, 0.1) is 12.5 Å². The summed E-state index contributed by atoms with van der Waals surface area (Å²) in [5.74, 6) is 6.49. The fraction of sp³-hybridized carbons (Fsp3) is 0.611. The number of hydrogen-bond acceptors (Lipinski definition) is 3. The zero-order valence-corrected chi connectivity index (χ0v) is 14.5. The van der Waals surface area contributed by atoms with E-state index in [4.69, 9.17) is 0 Å². The molecule has 1 saturated carbocycles. The predicted molar refractivity (Wildman–Crippen MR) is 89.6 cm³/mol. The number of aromatic nitrogens is 2. The van der Waals surface area contributed by atoms with Gasteiger partial charge in [0.1, 0.15) is 11.9 Å². The summed E-state index contributed by atoms with van der Waals surface area (Å²) in [5, 5.41) is 0. The molecule has 0 radical (unpaired) electrons. The van der Waals surface area contributed by atoms with Crippen LogP contribution in [0.1, 0.15) is 44.5 Å². The molecular formula is C18H24N4O2. The smallest absolute Gasteiger partial charge is 0.228 e. The van der Waals surface area contributed by atoms with Crippen molar-refractivity contribution in [1.82, 2.24) is 19.4 Å². The summed E-state index contributed by atoms with van der Waals surface area (Å²) >= 11 is 0. The molecule has 128 valence electrons. The lowest BCUT2D eigenvalue weighted by Gasteiger charge is -2.41. The highest BCUT2D eigenvalue weighted by Gasteiger charge is 2.48. The molecule has 0 spiro atoms. The Kier molecular flexibility index (Phi) is 4.61. The third kappa shape index (κ3) is 3.03. The summed E-state index contributed by atoms with van der Waals surface area (Å²) in [4.78, 5) is 33.6. The van der Waals surface area contributed by atoms with Crippen LogP contribution in [0, 0.1) is 17.8 Å². The Morgan fingerprint density at radius 1 is 1.42 bits per heavy atom. The number of piperidine rings is 1. The van der Waals surface area contributed by atoms with Crippen molar-refractivity contribution in [3.05, 3.63) is 18.2 Å². The van der Waals surface area contributed by atoms with E-state index in [0.29, 0.717) is 19.4 Å². The van der Waals surface area contributed by atoms with Crippen LogP contribution in [-0.2, 0) is 16.6 Å². The lowest BCUT2D eigenvalue weighted by Crippen LogP contribution is -2.50. The topological polar surface area (TPSA) is 58.4 Å². The quantitative estimate of drug-likeness (QED) is 0.784. The molecule has 6 nitrogen and oxygen atoms in total. The molecule has 0 aromatic carbocycles. The van der Waals surface area contributed by atoms with Crippen LogP contribution in [0.5, 0.6) is 0 Å². The molecule has 1 aliphatic heterocycles. The third-order valence-electron chi connectivity index (χ3n) is 4.89. The van der Waals surface area contributed by atoms with E-state index in [9.17, 15) is 9.59 Å². The second kappa shape index (κ2) is 6.68. The second-order valence-corrected chi connectivity index (χ2v) is 6.64. The molecule has 1 aromatic heterocycles. The van der Waals surface area contributed by atoms with Gasteiger partial charge < -0.3 is 14.4 Å². The number of carbonyl (C=O) groups is 2. The minimum atomic E-state index is -0.275. The van der Waals surface area contributed by atoms with Gasteiger partial charge in [-0.3, -0.25) is 9.59 Å². The van der Waals surface area contributed by atoms with Crippen molar-refractivity contribution in [2.75, 3.05) is 13.6 Å². The molecular weight excluding hydrogens is 304 g/mol. The van der Waals surface area contributed by atoms with Crippen LogP contribution < -0.4 is 0 Å². The highest BCUT2D eigenvalue weighted by Crippen LogP contribution is 2.43. The number of imidazole rings is 1. The van der Waals surface area contributed by atoms with E-state index in [0.717, 1.165) is 18.7 Å². The average molecular weight is 328 g/mol. The van der Waals surface area contributed by atoms with Crippen LogP contribution in [0.2, 0.25) is 0 Å². The Labute approximate surface area is 142 Å². The lowest BCUT2D eigenvalue weighted by molar-refractivity contribution is -0.148. The van der Waals surface area contributed by atoms with Crippen LogP contribution in [0.25, 0.3) is 0 Å². The van der Waals surface area contributed by atoms with Crippen molar-refractivity contribution in [1.29, 1.82) is 0 Å². The maximum absolute atomic E-state index is 13.0. The van der Waals surface area contributed by atoms with Gasteiger partial charge in [0.2, 0.25) is 11.8 Å². The zero-order chi connectivity index (χ0) is 17.3. The standard InChI is InChI=1S/C18H24N4O2/c1-4-5-11-21(3)18(24)14-8-9-15(23)22(13-6-7-13)16(14)17-19-10-12-20(17)2/h10,12-14,16H,6-9,11H2,1-3H3/t14-,16-/m0/s1. The van der Waals surface area contributed by atoms with E-state index in [1.165, 1.54) is 0 Å². The first-order valence-corrected chi connectivity index (χ1v) is 8.47. The summed E-state index contributed by atoms with van der Waals surface area (Å²) in [6, 6.07) is -0.0150. The van der Waals surface area contributed by atoms with E-state index in [-0.39, 0.29) is 29.8 Å². The molecule has 2 atom stereocenters. The Balaban J connectivity index is 1.93. The van der Waals surface area contributed by atoms with E-state index < -0.39 is 0 Å². The highest BCUT2D eigenvalue weighted by molar-refractivity contribution is 5.85. The number of aryl methyl sites for hydroxylation is 1. The van der Waals surface area contributed by atoms with Crippen LogP contribution in [0.15, 0.2) is 12.4 Å². The maximum atomic E-state index is 13.0. The number of likely N-dealkylation sites (tertiary alicyclic amines) is 1. The van der Waals surface area contributed by atoms with Crippen molar-refractivity contribution in [2.24, 2.45) is 13.0 Å². The van der Waals surface area contributed by atoms with Gasteiger partial charge in [-0.25, -0.2) is 4.98 Å². The van der Waals surface area contributed by atoms with Gasteiger partial charge in [0.25, 0.3) is 0 Å².